The third-order valence-corrected chi connectivity index (χ3v) is 18.7. The fraction of sp³-hybridized carbons (Fsp3) is 0.0930. The number of ether oxygens (including phenoxy) is 1. The first kappa shape index (κ1) is 58.4. The Kier molecular flexibility index (Phi) is 14.2. The molecule has 458 valence electrons. The number of para-hydroxylation sites is 7. The standard InChI is InChI=1S/C86H65N6O.Pt/c1-85(2,3)56-48-49-87-83(52-56)92-77-43-22-17-38-71(77)65-32-11-12-33-66(65)72-47-46-60(54-80(72)92)93-59-27-25-26-58(53-59)88-55-89(79-45-24-23-44-78(79)88)84-81(90-73-39-18-13-34-67(73)61-28-7-8-29-62(61)68-35-14-19-40-74(68)90)50-57(86(4,5)6)51-82(84)91-75-41-20-15-36-69(75)63-30-9-10-31-64(63)70-37-16-21-42-76(70)91;/h7-52,55H,1-6H3;/q-3;. The summed E-state index contributed by atoms with van der Waals surface area (Å²) in [7, 11) is 0. The van der Waals surface area contributed by atoms with Crippen molar-refractivity contribution in [2.45, 2.75) is 52.4 Å². The van der Waals surface area contributed by atoms with E-state index in [4.69, 9.17) is 9.72 Å². The van der Waals surface area contributed by atoms with Gasteiger partial charge in [0.25, 0.3) is 0 Å². The van der Waals surface area contributed by atoms with E-state index >= 15 is 0 Å². The molecule has 0 unspecified atom stereocenters. The minimum Gasteiger partial charge on any atom is -0.509 e. The number of hydrogen-bond donors (Lipinski definition) is 0. The minimum atomic E-state index is -0.298. The Morgan fingerprint density at radius 2 is 0.691 bits per heavy atom. The normalized spacial score (nSPS) is 13.2. The molecule has 0 aliphatic carbocycles. The van der Waals surface area contributed by atoms with Gasteiger partial charge in [-0.05, 0) is 117 Å². The number of hydrogen-bond acceptors (Lipinski definition) is 7. The van der Waals surface area contributed by atoms with Crippen LogP contribution in [0.25, 0.3) is 66.8 Å². The number of pyridine rings is 1. The van der Waals surface area contributed by atoms with Crippen LogP contribution in [-0.2, 0) is 31.9 Å². The molecule has 7 nitrogen and oxygen atoms in total. The number of rotatable bonds is 7. The van der Waals surface area contributed by atoms with Crippen LogP contribution in [0.1, 0.15) is 52.7 Å². The van der Waals surface area contributed by atoms with Crippen molar-refractivity contribution in [2.24, 2.45) is 0 Å². The van der Waals surface area contributed by atoms with Crippen LogP contribution in [0.4, 0.5) is 74.1 Å². The summed E-state index contributed by atoms with van der Waals surface area (Å²) in [6, 6.07) is 107. The Hall–Kier alpha value is -10.7. The van der Waals surface area contributed by atoms with Gasteiger partial charge in [0, 0.05) is 78.0 Å². The van der Waals surface area contributed by atoms with Gasteiger partial charge in [0.15, 0.2) is 0 Å². The fourth-order valence-electron chi connectivity index (χ4n) is 14.3. The monoisotopic (exact) mass is 1390 g/mol. The maximum atomic E-state index is 7.05. The Labute approximate surface area is 565 Å². The van der Waals surface area contributed by atoms with Gasteiger partial charge < -0.3 is 29.2 Å². The zero-order valence-electron chi connectivity index (χ0n) is 53.0. The number of aromatic nitrogens is 1. The zero-order chi connectivity index (χ0) is 62.7. The van der Waals surface area contributed by atoms with Crippen LogP contribution >= 0.6 is 0 Å². The van der Waals surface area contributed by atoms with Gasteiger partial charge in [-0.3, -0.25) is 0 Å². The van der Waals surface area contributed by atoms with Crippen molar-refractivity contribution in [2.75, 3.05) is 24.5 Å². The average Bonchev–Trinajstić information content (AvgIpc) is 1.48. The van der Waals surface area contributed by atoms with Crippen molar-refractivity contribution < 1.29 is 25.8 Å². The molecular formula is C86H65N6OPt-3. The Morgan fingerprint density at radius 1 is 0.319 bits per heavy atom. The third kappa shape index (κ3) is 9.63. The largest absolute Gasteiger partial charge is 0.509 e. The summed E-state index contributed by atoms with van der Waals surface area (Å²) < 4.78 is 7.05. The minimum absolute atomic E-state index is 0. The second-order valence-corrected chi connectivity index (χ2v) is 26.4. The Bertz CT molecular complexity index is 4860. The summed E-state index contributed by atoms with van der Waals surface area (Å²) in [4.78, 5) is 17.1. The Balaban J connectivity index is 0.00000699. The van der Waals surface area contributed by atoms with E-state index in [2.05, 4.69) is 346 Å². The first-order chi connectivity index (χ1) is 45.4. The molecular weight excluding hydrogens is 1330 g/mol. The molecule has 4 aliphatic heterocycles. The molecule has 0 saturated carbocycles. The molecule has 8 heteroatoms. The van der Waals surface area contributed by atoms with E-state index in [0.29, 0.717) is 11.5 Å². The van der Waals surface area contributed by atoms with Crippen molar-refractivity contribution >= 4 is 74.1 Å². The first-order valence-electron chi connectivity index (χ1n) is 32.0. The van der Waals surface area contributed by atoms with Crippen LogP contribution in [-0.4, -0.2) is 4.98 Å². The second-order valence-electron chi connectivity index (χ2n) is 26.4. The first-order valence-corrected chi connectivity index (χ1v) is 32.0. The van der Waals surface area contributed by atoms with Gasteiger partial charge in [-0.2, -0.15) is 12.1 Å². The quantitative estimate of drug-likeness (QED) is 0.147. The predicted octanol–water partition coefficient (Wildman–Crippen LogP) is 23.8. The van der Waals surface area contributed by atoms with Crippen LogP contribution in [0.2, 0.25) is 0 Å². The molecule has 17 rings (SSSR count). The van der Waals surface area contributed by atoms with E-state index in [1.54, 1.807) is 0 Å². The van der Waals surface area contributed by atoms with Gasteiger partial charge in [-0.15, -0.1) is 48.3 Å². The molecule has 0 N–H and O–H groups in total. The third-order valence-electron chi connectivity index (χ3n) is 18.7. The van der Waals surface area contributed by atoms with E-state index in [-0.39, 0.29) is 31.9 Å². The van der Waals surface area contributed by atoms with Crippen LogP contribution in [0.5, 0.6) is 11.5 Å². The van der Waals surface area contributed by atoms with Gasteiger partial charge in [0.1, 0.15) is 5.82 Å². The molecule has 0 spiro atoms. The van der Waals surface area contributed by atoms with Crippen molar-refractivity contribution in [1.29, 1.82) is 0 Å². The molecule has 0 amide bonds. The maximum Gasteiger partial charge on any atom is 0.135 e. The molecule has 94 heavy (non-hydrogen) atoms. The summed E-state index contributed by atoms with van der Waals surface area (Å²) in [6.07, 6.45) is 1.92. The molecule has 1 aromatic heterocycles. The van der Waals surface area contributed by atoms with Gasteiger partial charge in [-0.1, -0.05) is 229 Å². The molecule has 0 saturated heterocycles. The van der Waals surface area contributed by atoms with Crippen LogP contribution in [0.15, 0.2) is 279 Å². The van der Waals surface area contributed by atoms with Crippen LogP contribution in [0.3, 0.4) is 0 Å². The topological polar surface area (TPSA) is 38.3 Å². The van der Waals surface area contributed by atoms with Gasteiger partial charge in [0.2, 0.25) is 0 Å². The molecule has 0 radical (unpaired) electrons. The molecule has 4 aliphatic rings. The molecule has 12 aromatic carbocycles. The summed E-state index contributed by atoms with van der Waals surface area (Å²) in [5.41, 5.74) is 27.8. The van der Waals surface area contributed by atoms with Crippen LogP contribution in [0, 0.1) is 18.8 Å². The number of nitrogens with zero attached hydrogens (tertiary/aromatic N) is 6. The fourth-order valence-corrected chi connectivity index (χ4v) is 14.3. The number of fused-ring (bicyclic) bond motifs is 16. The van der Waals surface area contributed by atoms with Crippen molar-refractivity contribution in [3.8, 4) is 78.3 Å². The Morgan fingerprint density at radius 3 is 1.13 bits per heavy atom. The summed E-state index contributed by atoms with van der Waals surface area (Å²) in [5.74, 6) is 1.91. The van der Waals surface area contributed by atoms with Gasteiger partial charge in [-0.25, -0.2) is 4.98 Å². The molecule has 13 aromatic rings. The van der Waals surface area contributed by atoms with Gasteiger partial charge >= 0.3 is 0 Å². The SMILES string of the molecule is CC(C)(C)c1ccnc(N2c3[c-]c(Oc4[c-]c(N5[CH-]N(c6c(N7c8ccccc8-c8ccccc8-c8ccccc87)cc(C(C)(C)C)cc6N6c7ccccc7-c7ccccc7-c7ccccc76)c6ccccc65)ccc4)ccc3-c3ccccc3-c3ccccc32)c1.[Pt]. The smallest absolute Gasteiger partial charge is 0.135 e. The van der Waals surface area contributed by atoms with E-state index in [9.17, 15) is 0 Å². The van der Waals surface area contributed by atoms with Crippen molar-refractivity contribution in [3.63, 3.8) is 0 Å². The van der Waals surface area contributed by atoms with Crippen LogP contribution < -0.4 is 29.2 Å². The molecule has 0 atom stereocenters. The summed E-state index contributed by atoms with van der Waals surface area (Å²) >= 11 is 0. The van der Waals surface area contributed by atoms with E-state index in [1.807, 2.05) is 18.3 Å². The van der Waals surface area contributed by atoms with Crippen molar-refractivity contribution in [1.82, 2.24) is 4.98 Å². The summed E-state index contributed by atoms with van der Waals surface area (Å²) in [6.45, 7) is 16.0. The maximum absolute atomic E-state index is 7.05. The summed E-state index contributed by atoms with van der Waals surface area (Å²) in [5, 5.41) is 0. The molecule has 0 fully saturated rings. The average molecular weight is 1390 g/mol. The number of anilines is 13. The molecule has 5 heterocycles. The van der Waals surface area contributed by atoms with Gasteiger partial charge in [0.05, 0.1) is 45.5 Å². The number of benzene rings is 12. The van der Waals surface area contributed by atoms with E-state index in [1.165, 1.54) is 33.4 Å². The predicted molar refractivity (Wildman–Crippen MR) is 385 cm³/mol. The molecule has 0 bridgehead atoms. The zero-order valence-corrected chi connectivity index (χ0v) is 55.3. The van der Waals surface area contributed by atoms with E-state index < -0.39 is 0 Å². The second kappa shape index (κ2) is 22.8. The van der Waals surface area contributed by atoms with E-state index in [0.717, 1.165) is 119 Å². The van der Waals surface area contributed by atoms with Crippen molar-refractivity contribution in [3.05, 3.63) is 309 Å².